The molecule has 0 unspecified atom stereocenters. The van der Waals surface area contributed by atoms with E-state index in [4.69, 9.17) is 4.74 Å². The first kappa shape index (κ1) is 21.0. The molecule has 0 bridgehead atoms. The zero-order valence-corrected chi connectivity index (χ0v) is 18.5. The second-order valence-corrected chi connectivity index (χ2v) is 7.94. The quantitative estimate of drug-likeness (QED) is 0.434. The summed E-state index contributed by atoms with van der Waals surface area (Å²) in [7, 11) is 1.58. The van der Waals surface area contributed by atoms with Gasteiger partial charge in [-0.25, -0.2) is 4.98 Å². The van der Waals surface area contributed by atoms with Crippen LogP contribution in [0.5, 0.6) is 0 Å². The van der Waals surface area contributed by atoms with E-state index in [-0.39, 0.29) is 18.0 Å². The van der Waals surface area contributed by atoms with Crippen LogP contribution in [0.3, 0.4) is 0 Å². The van der Waals surface area contributed by atoms with E-state index in [1.165, 1.54) is 10.9 Å². The van der Waals surface area contributed by atoms with Gasteiger partial charge in [0, 0.05) is 29.0 Å². The van der Waals surface area contributed by atoms with Crippen LogP contribution < -0.4 is 10.9 Å². The number of aromatic nitrogens is 3. The number of rotatable bonds is 7. The number of nitrogens with zero attached hydrogens (tertiary/aromatic N) is 3. The molecule has 0 spiro atoms. The fourth-order valence-corrected chi connectivity index (χ4v) is 3.67. The molecule has 0 saturated carbocycles. The molecular weight excluding hydrogens is 460 g/mol. The van der Waals surface area contributed by atoms with Crippen LogP contribution in [-0.4, -0.2) is 33.7 Å². The van der Waals surface area contributed by atoms with E-state index in [1.807, 2.05) is 60.8 Å². The lowest BCUT2D eigenvalue weighted by Crippen LogP contribution is -2.26. The number of nitrogens with one attached hydrogen (secondary N) is 1. The average molecular weight is 481 g/mol. The Bertz CT molecular complexity index is 1260. The molecule has 2 aromatic carbocycles. The summed E-state index contributed by atoms with van der Waals surface area (Å²) in [6, 6.07) is 17.0. The van der Waals surface area contributed by atoms with E-state index in [0.29, 0.717) is 29.9 Å². The molecule has 0 saturated heterocycles. The minimum absolute atomic E-state index is 0.00932. The number of halogens is 1. The number of ether oxygens (including phenoxy) is 1. The molecule has 0 atom stereocenters. The summed E-state index contributed by atoms with van der Waals surface area (Å²) in [5.41, 5.74) is 3.18. The summed E-state index contributed by atoms with van der Waals surface area (Å²) >= 11 is 3.38. The van der Waals surface area contributed by atoms with Crippen molar-refractivity contribution in [3.8, 4) is 11.1 Å². The fourth-order valence-electron chi connectivity index (χ4n) is 3.41. The molecule has 0 aliphatic heterocycles. The van der Waals surface area contributed by atoms with Crippen LogP contribution in [0.2, 0.25) is 0 Å². The molecule has 4 rings (SSSR count). The smallest absolute Gasteiger partial charge is 0.277 e. The second-order valence-electron chi connectivity index (χ2n) is 7.02. The second kappa shape index (κ2) is 9.28. The highest BCUT2D eigenvalue weighted by Gasteiger charge is 2.18. The number of hydrogen-bond donors (Lipinski definition) is 1. The number of anilines is 1. The average Bonchev–Trinajstić information content (AvgIpc) is 3.14. The van der Waals surface area contributed by atoms with Crippen molar-refractivity contribution in [2.75, 3.05) is 19.0 Å². The Hall–Kier alpha value is -3.23. The van der Waals surface area contributed by atoms with Crippen molar-refractivity contribution in [3.63, 3.8) is 0 Å². The zero-order chi connectivity index (χ0) is 21.8. The summed E-state index contributed by atoms with van der Waals surface area (Å²) < 4.78 is 9.20. The van der Waals surface area contributed by atoms with E-state index in [0.717, 1.165) is 15.6 Å². The molecule has 2 aromatic heterocycles. The third kappa shape index (κ3) is 4.60. The molecule has 0 aliphatic rings. The van der Waals surface area contributed by atoms with Gasteiger partial charge < -0.3 is 14.6 Å². The van der Waals surface area contributed by atoms with Gasteiger partial charge in [0.05, 0.1) is 19.5 Å². The van der Waals surface area contributed by atoms with E-state index in [2.05, 4.69) is 26.2 Å². The first-order valence-electron chi connectivity index (χ1n) is 9.75. The van der Waals surface area contributed by atoms with Gasteiger partial charge in [-0.15, -0.1) is 0 Å². The highest BCUT2D eigenvalue weighted by molar-refractivity contribution is 9.10. The monoisotopic (exact) mass is 480 g/mol. The standard InChI is InChI=1S/C23H21BrN4O3/c1-31-12-11-27-15-25-21-19(16-5-3-2-4-6-16)13-28(22(21)23(27)30)14-20(29)26-18-9-7-17(24)8-10-18/h2-10,13,15H,11-12,14H2,1H3,(H,26,29). The summed E-state index contributed by atoms with van der Waals surface area (Å²) in [5.74, 6) is -0.231. The zero-order valence-electron chi connectivity index (χ0n) is 16.9. The number of amides is 1. The Labute approximate surface area is 187 Å². The number of fused-ring (bicyclic) bond motifs is 1. The van der Waals surface area contributed by atoms with Crippen molar-refractivity contribution in [1.29, 1.82) is 0 Å². The van der Waals surface area contributed by atoms with Crippen molar-refractivity contribution >= 4 is 38.6 Å². The van der Waals surface area contributed by atoms with Crippen molar-refractivity contribution in [1.82, 2.24) is 14.1 Å². The molecule has 8 heteroatoms. The molecule has 0 fully saturated rings. The third-order valence-electron chi connectivity index (χ3n) is 4.90. The topological polar surface area (TPSA) is 78.2 Å². The van der Waals surface area contributed by atoms with E-state index < -0.39 is 0 Å². The van der Waals surface area contributed by atoms with Gasteiger partial charge in [-0.2, -0.15) is 0 Å². The SMILES string of the molecule is COCCn1cnc2c(-c3ccccc3)cn(CC(=O)Nc3ccc(Br)cc3)c2c1=O. The predicted octanol–water partition coefficient (Wildman–Crippen LogP) is 3.91. The maximum absolute atomic E-state index is 13.2. The van der Waals surface area contributed by atoms with Gasteiger partial charge in [-0.05, 0) is 29.8 Å². The number of carbonyl (C=O) groups excluding carboxylic acids is 1. The Morgan fingerprint density at radius 1 is 1.10 bits per heavy atom. The normalized spacial score (nSPS) is 11.0. The fraction of sp³-hybridized carbons (Fsp3) is 0.174. The van der Waals surface area contributed by atoms with Crippen molar-refractivity contribution in [2.24, 2.45) is 0 Å². The molecule has 1 amide bonds. The molecule has 0 aliphatic carbocycles. The van der Waals surface area contributed by atoms with Crippen molar-refractivity contribution in [3.05, 3.63) is 81.9 Å². The maximum Gasteiger partial charge on any atom is 0.277 e. The number of hydrogen-bond acceptors (Lipinski definition) is 4. The van der Waals surface area contributed by atoms with E-state index in [9.17, 15) is 9.59 Å². The lowest BCUT2D eigenvalue weighted by Gasteiger charge is -2.09. The first-order valence-corrected chi connectivity index (χ1v) is 10.5. The Balaban J connectivity index is 1.74. The van der Waals surface area contributed by atoms with Gasteiger partial charge >= 0.3 is 0 Å². The molecule has 31 heavy (non-hydrogen) atoms. The van der Waals surface area contributed by atoms with Crippen molar-refractivity contribution < 1.29 is 9.53 Å². The van der Waals surface area contributed by atoms with E-state index in [1.54, 1.807) is 11.7 Å². The van der Waals surface area contributed by atoms with Gasteiger partial charge in [-0.1, -0.05) is 46.3 Å². The highest BCUT2D eigenvalue weighted by Crippen LogP contribution is 2.27. The summed E-state index contributed by atoms with van der Waals surface area (Å²) in [4.78, 5) is 30.5. The van der Waals surface area contributed by atoms with Crippen LogP contribution in [0, 0.1) is 0 Å². The van der Waals surface area contributed by atoms with Crippen LogP contribution in [-0.2, 0) is 22.6 Å². The first-order chi connectivity index (χ1) is 15.1. The predicted molar refractivity (Wildman–Crippen MR) is 124 cm³/mol. The lowest BCUT2D eigenvalue weighted by atomic mass is 10.1. The minimum atomic E-state index is -0.231. The molecule has 7 nitrogen and oxygen atoms in total. The molecule has 0 radical (unpaired) electrons. The number of benzene rings is 2. The summed E-state index contributed by atoms with van der Waals surface area (Å²) in [6.07, 6.45) is 3.35. The van der Waals surface area contributed by atoms with Crippen LogP contribution in [0.4, 0.5) is 5.69 Å². The van der Waals surface area contributed by atoms with Crippen LogP contribution in [0.15, 0.2) is 76.4 Å². The molecule has 1 N–H and O–H groups in total. The maximum atomic E-state index is 13.2. The molecule has 4 aromatic rings. The van der Waals surface area contributed by atoms with Gasteiger partial charge in [0.25, 0.3) is 5.56 Å². The molecule has 158 valence electrons. The Morgan fingerprint density at radius 3 is 2.55 bits per heavy atom. The lowest BCUT2D eigenvalue weighted by molar-refractivity contribution is -0.116. The van der Waals surface area contributed by atoms with Crippen molar-refractivity contribution in [2.45, 2.75) is 13.1 Å². The number of carbonyl (C=O) groups is 1. The van der Waals surface area contributed by atoms with Gasteiger partial charge in [0.2, 0.25) is 5.91 Å². The van der Waals surface area contributed by atoms with Gasteiger partial charge in [0.1, 0.15) is 17.6 Å². The summed E-state index contributed by atoms with van der Waals surface area (Å²) in [5, 5.41) is 2.87. The molecule has 2 heterocycles. The molecular formula is C23H21BrN4O3. The van der Waals surface area contributed by atoms with Crippen LogP contribution in [0.25, 0.3) is 22.2 Å². The summed E-state index contributed by atoms with van der Waals surface area (Å²) in [6.45, 7) is 0.767. The van der Waals surface area contributed by atoms with Crippen LogP contribution >= 0.6 is 15.9 Å². The Morgan fingerprint density at radius 2 is 1.84 bits per heavy atom. The largest absolute Gasteiger partial charge is 0.383 e. The van der Waals surface area contributed by atoms with Gasteiger partial charge in [-0.3, -0.25) is 14.2 Å². The Kier molecular flexibility index (Phi) is 6.29. The third-order valence-corrected chi connectivity index (χ3v) is 5.43. The van der Waals surface area contributed by atoms with E-state index >= 15 is 0 Å². The highest BCUT2D eigenvalue weighted by atomic mass is 79.9. The number of methoxy groups -OCH3 is 1. The minimum Gasteiger partial charge on any atom is -0.383 e. The van der Waals surface area contributed by atoms with Crippen LogP contribution in [0.1, 0.15) is 0 Å². The van der Waals surface area contributed by atoms with Gasteiger partial charge in [0.15, 0.2) is 0 Å².